The van der Waals surface area contributed by atoms with Crippen LogP contribution in [0.4, 0.5) is 0 Å². The predicted molar refractivity (Wildman–Crippen MR) is 295 cm³/mol. The van der Waals surface area contributed by atoms with Gasteiger partial charge in [-0.25, -0.2) is 0 Å². The van der Waals surface area contributed by atoms with Gasteiger partial charge in [-0.2, -0.15) is 0 Å². The molecule has 0 N–H and O–H groups in total. The Kier molecular flexibility index (Phi) is 49.3. The Morgan fingerprint density at radius 2 is 0.800 bits per heavy atom. The van der Waals surface area contributed by atoms with Gasteiger partial charge in [-0.1, -0.05) is 214 Å². The van der Waals surface area contributed by atoms with Gasteiger partial charge in [-0.3, -0.25) is 9.59 Å². The number of hydrogen-bond donors (Lipinski definition) is 0. The molecular formula is C62H107NO7. The summed E-state index contributed by atoms with van der Waals surface area (Å²) in [7, 11) is 5.41. The SMILES string of the molecule is CC/C=C/C/C=C/C/C=C/C/C=C/C/C=C/C/C=C/CCCCCCC(=O)OC(COCCC(C(=O)[O-])[N+](C)(C)C)COC(=O)CCCCCCCCC/C=C/CCCCCCCCCCCCCC. The molecule has 70 heavy (non-hydrogen) atoms. The van der Waals surface area contributed by atoms with Crippen molar-refractivity contribution in [3.63, 3.8) is 0 Å². The van der Waals surface area contributed by atoms with Crippen LogP contribution in [0.15, 0.2) is 85.1 Å². The van der Waals surface area contributed by atoms with Gasteiger partial charge in [0.2, 0.25) is 0 Å². The van der Waals surface area contributed by atoms with Gasteiger partial charge in [0.1, 0.15) is 12.6 Å². The summed E-state index contributed by atoms with van der Waals surface area (Å²) < 4.78 is 17.3. The van der Waals surface area contributed by atoms with Crippen LogP contribution in [0.25, 0.3) is 0 Å². The van der Waals surface area contributed by atoms with Gasteiger partial charge >= 0.3 is 11.9 Å². The number of rotatable bonds is 51. The van der Waals surface area contributed by atoms with Crippen molar-refractivity contribution >= 4 is 17.9 Å². The molecule has 0 radical (unpaired) electrons. The van der Waals surface area contributed by atoms with Gasteiger partial charge in [0.25, 0.3) is 0 Å². The van der Waals surface area contributed by atoms with E-state index >= 15 is 0 Å². The van der Waals surface area contributed by atoms with Crippen LogP contribution in [-0.2, 0) is 28.6 Å². The van der Waals surface area contributed by atoms with Crippen LogP contribution in [0.3, 0.4) is 0 Å². The summed E-state index contributed by atoms with van der Waals surface area (Å²) in [4.78, 5) is 37.2. The molecule has 2 atom stereocenters. The molecule has 8 heteroatoms. The van der Waals surface area contributed by atoms with Crippen LogP contribution in [0.5, 0.6) is 0 Å². The highest BCUT2D eigenvalue weighted by atomic mass is 16.6. The van der Waals surface area contributed by atoms with E-state index in [9.17, 15) is 19.5 Å². The highest BCUT2D eigenvalue weighted by Crippen LogP contribution is 2.15. The van der Waals surface area contributed by atoms with E-state index in [1.54, 1.807) is 21.1 Å². The van der Waals surface area contributed by atoms with Crippen LogP contribution in [0.2, 0.25) is 0 Å². The topological polar surface area (TPSA) is 102 Å². The van der Waals surface area contributed by atoms with Crippen LogP contribution in [0, 0.1) is 0 Å². The summed E-state index contributed by atoms with van der Waals surface area (Å²) in [5, 5.41) is 11.7. The van der Waals surface area contributed by atoms with Crippen LogP contribution in [-0.4, -0.2) is 75.5 Å². The van der Waals surface area contributed by atoms with E-state index in [4.69, 9.17) is 14.2 Å². The summed E-state index contributed by atoms with van der Waals surface area (Å²) in [6.45, 7) is 4.54. The molecule has 8 nitrogen and oxygen atoms in total. The molecule has 0 aliphatic heterocycles. The normalized spacial score (nSPS) is 13.4. The van der Waals surface area contributed by atoms with E-state index in [1.165, 1.54) is 116 Å². The molecule has 0 aromatic heterocycles. The fraction of sp³-hybridized carbons (Fsp3) is 0.726. The number of unbranched alkanes of at least 4 members (excludes halogenated alkanes) is 23. The minimum absolute atomic E-state index is 0.0249. The second-order valence-corrected chi connectivity index (χ2v) is 20.1. The van der Waals surface area contributed by atoms with Gasteiger partial charge in [0, 0.05) is 19.3 Å². The number of carboxylic acid groups (broad SMARTS) is 1. The maximum atomic E-state index is 12.8. The summed E-state index contributed by atoms with van der Waals surface area (Å²) in [5.41, 5.74) is 0. The van der Waals surface area contributed by atoms with Crippen molar-refractivity contribution in [3.05, 3.63) is 85.1 Å². The number of carbonyl (C=O) groups is 3. The molecule has 0 rings (SSSR count). The second-order valence-electron chi connectivity index (χ2n) is 20.1. The molecule has 0 amide bonds. The monoisotopic (exact) mass is 978 g/mol. The number of likely N-dealkylation sites (N-methyl/N-ethyl adjacent to an activating group) is 1. The molecule has 0 saturated heterocycles. The van der Waals surface area contributed by atoms with Crippen molar-refractivity contribution in [2.24, 2.45) is 0 Å². The maximum absolute atomic E-state index is 12.8. The van der Waals surface area contributed by atoms with Gasteiger partial charge in [0.15, 0.2) is 6.10 Å². The molecule has 0 bridgehead atoms. The number of carboxylic acids is 1. The largest absolute Gasteiger partial charge is 0.544 e. The molecule has 0 aliphatic rings. The molecule has 0 heterocycles. The van der Waals surface area contributed by atoms with Crippen molar-refractivity contribution in [2.45, 2.75) is 251 Å². The average Bonchev–Trinajstić information content (AvgIpc) is 3.33. The zero-order chi connectivity index (χ0) is 51.3. The Bertz CT molecular complexity index is 1420. The Hall–Kier alpha value is -3.49. The van der Waals surface area contributed by atoms with Crippen molar-refractivity contribution in [1.29, 1.82) is 0 Å². The quantitative estimate of drug-likeness (QED) is 0.0259. The lowest BCUT2D eigenvalue weighted by Gasteiger charge is -2.34. The number of esters is 2. The molecule has 402 valence electrons. The van der Waals surface area contributed by atoms with Crippen molar-refractivity contribution in [2.75, 3.05) is 41.0 Å². The summed E-state index contributed by atoms with van der Waals surface area (Å²) in [6, 6.07) is -0.737. The van der Waals surface area contributed by atoms with Gasteiger partial charge in [-0.15, -0.1) is 0 Å². The Labute approximate surface area is 431 Å². The molecule has 0 aliphatic carbocycles. The molecular weight excluding hydrogens is 871 g/mol. The van der Waals surface area contributed by atoms with E-state index in [-0.39, 0.29) is 49.1 Å². The van der Waals surface area contributed by atoms with Crippen LogP contribution < -0.4 is 5.11 Å². The van der Waals surface area contributed by atoms with Gasteiger partial charge in [-0.05, 0) is 89.9 Å². The van der Waals surface area contributed by atoms with Gasteiger partial charge < -0.3 is 28.6 Å². The summed E-state index contributed by atoms with van der Waals surface area (Å²) in [5.74, 6) is -1.77. The number of nitrogens with zero attached hydrogens (tertiary/aromatic N) is 1. The number of carbonyl (C=O) groups excluding carboxylic acids is 3. The third-order valence-corrected chi connectivity index (χ3v) is 12.5. The third kappa shape index (κ3) is 49.5. The number of aliphatic carboxylic acids is 1. The van der Waals surface area contributed by atoms with E-state index in [0.717, 1.165) is 89.9 Å². The Morgan fingerprint density at radius 3 is 1.20 bits per heavy atom. The first-order valence-electron chi connectivity index (χ1n) is 28.6. The minimum atomic E-state index is -1.13. The summed E-state index contributed by atoms with van der Waals surface area (Å²) >= 11 is 0. The summed E-state index contributed by atoms with van der Waals surface area (Å²) in [6.07, 6.45) is 69.1. The standard InChI is InChI=1S/C62H107NO7/c1-6-8-10-12-14-16-18-20-22-24-26-28-30-32-34-36-38-40-42-44-46-48-50-52-60(64)69-57-58(56-68-55-54-59(62(66)67)63(3,4)5)70-61(65)53-51-49-47-45-43-41-39-37-35-33-31-29-27-25-23-21-19-17-15-13-11-9-7-2/h9,11,15,17,21,23,27,29,32-35,39,41,58-59H,6-8,10,12-14,16,18-20,22,24-26,28,30-31,36-38,40,42-57H2,1-5H3/b11-9+,17-15+,23-21+,29-27+,34-32+,35-33+,41-39+. The molecule has 0 aromatic carbocycles. The molecule has 2 unspecified atom stereocenters. The lowest BCUT2D eigenvalue weighted by Crippen LogP contribution is -2.55. The second kappa shape index (κ2) is 51.9. The number of quaternary nitrogens is 1. The highest BCUT2D eigenvalue weighted by molar-refractivity contribution is 5.70. The molecule has 0 aromatic rings. The maximum Gasteiger partial charge on any atom is 0.306 e. The van der Waals surface area contributed by atoms with Crippen molar-refractivity contribution < 1.29 is 38.2 Å². The minimum Gasteiger partial charge on any atom is -0.544 e. The first-order valence-corrected chi connectivity index (χ1v) is 28.6. The molecule has 0 spiro atoms. The first kappa shape index (κ1) is 66.5. The number of allylic oxidation sites excluding steroid dienone is 14. The number of hydrogen-bond acceptors (Lipinski definition) is 7. The van der Waals surface area contributed by atoms with E-state index < -0.39 is 18.1 Å². The number of ether oxygens (including phenoxy) is 3. The fourth-order valence-corrected chi connectivity index (χ4v) is 8.13. The fourth-order valence-electron chi connectivity index (χ4n) is 8.13. The first-order chi connectivity index (χ1) is 34.1. The van der Waals surface area contributed by atoms with Crippen molar-refractivity contribution in [3.8, 4) is 0 Å². The lowest BCUT2D eigenvalue weighted by atomic mass is 10.0. The zero-order valence-electron chi connectivity index (χ0n) is 45.9. The highest BCUT2D eigenvalue weighted by Gasteiger charge is 2.25. The average molecular weight is 979 g/mol. The zero-order valence-corrected chi connectivity index (χ0v) is 45.9. The predicted octanol–water partition coefficient (Wildman–Crippen LogP) is 15.9. The van der Waals surface area contributed by atoms with E-state index in [1.807, 2.05) is 0 Å². The van der Waals surface area contributed by atoms with Crippen LogP contribution in [0.1, 0.15) is 239 Å². The third-order valence-electron chi connectivity index (χ3n) is 12.5. The Morgan fingerprint density at radius 1 is 0.443 bits per heavy atom. The van der Waals surface area contributed by atoms with Gasteiger partial charge in [0.05, 0.1) is 40.3 Å². The molecule has 0 saturated carbocycles. The van der Waals surface area contributed by atoms with Crippen molar-refractivity contribution in [1.82, 2.24) is 0 Å². The van der Waals surface area contributed by atoms with Crippen LogP contribution >= 0.6 is 0 Å². The molecule has 0 fully saturated rings. The van der Waals surface area contributed by atoms with E-state index in [2.05, 4.69) is 98.9 Å². The Balaban J connectivity index is 4.25. The smallest absolute Gasteiger partial charge is 0.306 e. The van der Waals surface area contributed by atoms with E-state index in [0.29, 0.717) is 6.42 Å². The lowest BCUT2D eigenvalue weighted by molar-refractivity contribution is -0.889.